The van der Waals surface area contributed by atoms with Crippen LogP contribution in [-0.4, -0.2) is 59.3 Å². The lowest BCUT2D eigenvalue weighted by Crippen LogP contribution is -2.42. The number of hydrogen-bond donors (Lipinski definition) is 2. The minimum Gasteiger partial charge on any atom is -0.358 e. The summed E-state index contributed by atoms with van der Waals surface area (Å²) in [7, 11) is 0. The Labute approximate surface area is 177 Å². The molecule has 0 saturated carbocycles. The summed E-state index contributed by atoms with van der Waals surface area (Å²) in [6.45, 7) is 12.6. The summed E-state index contributed by atoms with van der Waals surface area (Å²) < 4.78 is 0. The van der Waals surface area contributed by atoms with Gasteiger partial charge < -0.3 is 20.1 Å². The number of anilines is 1. The average molecular weight is 407 g/mol. The van der Waals surface area contributed by atoms with E-state index in [1.165, 1.54) is 0 Å². The Bertz CT molecular complexity index is 1030. The van der Waals surface area contributed by atoms with E-state index in [1.807, 2.05) is 43.0 Å². The molecule has 1 aromatic carbocycles. The molecule has 0 unspecified atom stereocenters. The Morgan fingerprint density at radius 2 is 1.90 bits per heavy atom. The number of carbonyl (C=O) groups is 2. The number of benzene rings is 1. The Morgan fingerprint density at radius 1 is 1.13 bits per heavy atom. The summed E-state index contributed by atoms with van der Waals surface area (Å²) in [5, 5.41) is 2.94. The second-order valence-electron chi connectivity index (χ2n) is 8.10. The standard InChI is InChI=1S/C24H30N4O2/c1-5-27(6-2)12-13-28-11-10-19-22(24(28)30)16(4)20(25-19)14-17-21-15(3)8-7-9-18(21)26-23(17)29/h7-9,14,25H,5-6,10-13H2,1-4H3,(H,26,29). The molecule has 0 aliphatic carbocycles. The fourth-order valence-corrected chi connectivity index (χ4v) is 4.54. The minimum atomic E-state index is -0.0987. The van der Waals surface area contributed by atoms with E-state index in [0.29, 0.717) is 5.57 Å². The van der Waals surface area contributed by atoms with Gasteiger partial charge in [-0.25, -0.2) is 0 Å². The maximum Gasteiger partial charge on any atom is 0.256 e. The van der Waals surface area contributed by atoms with Crippen LogP contribution in [0.5, 0.6) is 0 Å². The number of aryl methyl sites for hydroxylation is 1. The van der Waals surface area contributed by atoms with E-state index in [0.717, 1.165) is 78.5 Å². The molecular formula is C24H30N4O2. The number of carbonyl (C=O) groups excluding carboxylic acids is 2. The number of hydrogen-bond acceptors (Lipinski definition) is 3. The summed E-state index contributed by atoms with van der Waals surface area (Å²) in [5.41, 5.74) is 7.02. The van der Waals surface area contributed by atoms with E-state index in [2.05, 4.69) is 29.0 Å². The van der Waals surface area contributed by atoms with Gasteiger partial charge in [-0.1, -0.05) is 26.0 Å². The minimum absolute atomic E-state index is 0.0919. The second-order valence-corrected chi connectivity index (χ2v) is 8.10. The lowest BCUT2D eigenvalue weighted by Gasteiger charge is -2.29. The van der Waals surface area contributed by atoms with Crippen LogP contribution in [0, 0.1) is 13.8 Å². The fourth-order valence-electron chi connectivity index (χ4n) is 4.54. The van der Waals surface area contributed by atoms with E-state index in [9.17, 15) is 9.59 Å². The lowest BCUT2D eigenvalue weighted by atomic mass is 9.99. The molecule has 2 N–H and O–H groups in total. The topological polar surface area (TPSA) is 68.4 Å². The zero-order valence-electron chi connectivity index (χ0n) is 18.3. The van der Waals surface area contributed by atoms with Crippen LogP contribution in [-0.2, 0) is 11.2 Å². The van der Waals surface area contributed by atoms with E-state index in [-0.39, 0.29) is 11.8 Å². The van der Waals surface area contributed by atoms with Crippen molar-refractivity contribution in [2.24, 2.45) is 0 Å². The molecule has 2 amide bonds. The number of rotatable bonds is 6. The van der Waals surface area contributed by atoms with E-state index >= 15 is 0 Å². The number of likely N-dealkylation sites (N-methyl/N-ethyl adjacent to an activating group) is 1. The van der Waals surface area contributed by atoms with Crippen LogP contribution in [0.3, 0.4) is 0 Å². The first kappa shape index (κ1) is 20.4. The van der Waals surface area contributed by atoms with Crippen molar-refractivity contribution >= 4 is 29.2 Å². The van der Waals surface area contributed by atoms with Gasteiger partial charge in [-0.2, -0.15) is 0 Å². The lowest BCUT2D eigenvalue weighted by molar-refractivity contribution is -0.110. The quantitative estimate of drug-likeness (QED) is 0.722. The number of H-pyrrole nitrogens is 1. The molecule has 0 radical (unpaired) electrons. The second kappa shape index (κ2) is 8.11. The van der Waals surface area contributed by atoms with Crippen molar-refractivity contribution in [1.29, 1.82) is 0 Å². The van der Waals surface area contributed by atoms with Gasteiger partial charge in [-0.3, -0.25) is 9.59 Å². The highest BCUT2D eigenvalue weighted by Gasteiger charge is 2.30. The molecule has 1 aromatic heterocycles. The molecule has 30 heavy (non-hydrogen) atoms. The van der Waals surface area contributed by atoms with Gasteiger partial charge in [-0.15, -0.1) is 0 Å². The molecule has 0 spiro atoms. The van der Waals surface area contributed by atoms with Gasteiger partial charge in [0.15, 0.2) is 0 Å². The maximum absolute atomic E-state index is 13.2. The fraction of sp³-hybridized carbons (Fsp3) is 0.417. The third-order valence-electron chi connectivity index (χ3n) is 6.40. The molecule has 6 nitrogen and oxygen atoms in total. The van der Waals surface area contributed by atoms with Gasteiger partial charge in [0, 0.05) is 48.7 Å². The zero-order valence-corrected chi connectivity index (χ0v) is 18.3. The van der Waals surface area contributed by atoms with Crippen molar-refractivity contribution in [3.8, 4) is 0 Å². The van der Waals surface area contributed by atoms with E-state index < -0.39 is 0 Å². The van der Waals surface area contributed by atoms with Crippen LogP contribution in [0.25, 0.3) is 11.6 Å². The van der Waals surface area contributed by atoms with E-state index in [4.69, 9.17) is 0 Å². The number of aromatic nitrogens is 1. The molecular weight excluding hydrogens is 376 g/mol. The normalized spacial score (nSPS) is 17.0. The zero-order chi connectivity index (χ0) is 21.4. The van der Waals surface area contributed by atoms with Crippen molar-refractivity contribution in [3.05, 3.63) is 51.8 Å². The van der Waals surface area contributed by atoms with Crippen molar-refractivity contribution in [1.82, 2.24) is 14.8 Å². The van der Waals surface area contributed by atoms with Crippen LogP contribution in [0.4, 0.5) is 5.69 Å². The maximum atomic E-state index is 13.2. The van der Waals surface area contributed by atoms with Crippen LogP contribution in [0.1, 0.15) is 52.3 Å². The van der Waals surface area contributed by atoms with Crippen molar-refractivity contribution in [2.45, 2.75) is 34.1 Å². The molecule has 0 atom stereocenters. The summed E-state index contributed by atoms with van der Waals surface area (Å²) >= 11 is 0. The largest absolute Gasteiger partial charge is 0.358 e. The van der Waals surface area contributed by atoms with Gasteiger partial charge >= 0.3 is 0 Å². The highest BCUT2D eigenvalue weighted by molar-refractivity contribution is 6.35. The molecule has 2 aromatic rings. The molecule has 2 aliphatic rings. The van der Waals surface area contributed by atoms with Gasteiger partial charge in [0.05, 0.1) is 11.1 Å². The number of aromatic amines is 1. The van der Waals surface area contributed by atoms with Crippen molar-refractivity contribution in [2.75, 3.05) is 38.0 Å². The van der Waals surface area contributed by atoms with Gasteiger partial charge in [0.25, 0.3) is 11.8 Å². The molecule has 4 rings (SSSR count). The monoisotopic (exact) mass is 406 g/mol. The van der Waals surface area contributed by atoms with Crippen molar-refractivity contribution in [3.63, 3.8) is 0 Å². The Kier molecular flexibility index (Phi) is 5.52. The summed E-state index contributed by atoms with van der Waals surface area (Å²) in [4.78, 5) is 33.5. The van der Waals surface area contributed by atoms with Gasteiger partial charge in [0.2, 0.25) is 0 Å². The first-order chi connectivity index (χ1) is 14.4. The SMILES string of the molecule is CCN(CC)CCN1CCc2[nH]c(C=C3C(=O)Nc4cccc(C)c43)c(C)c2C1=O. The average Bonchev–Trinajstić information content (AvgIpc) is 3.22. The summed E-state index contributed by atoms with van der Waals surface area (Å²) in [5.74, 6) is -0.00675. The molecule has 0 saturated heterocycles. The summed E-state index contributed by atoms with van der Waals surface area (Å²) in [6.07, 6.45) is 2.71. The smallest absolute Gasteiger partial charge is 0.256 e. The third kappa shape index (κ3) is 3.45. The number of amides is 2. The van der Waals surface area contributed by atoms with Crippen molar-refractivity contribution < 1.29 is 9.59 Å². The first-order valence-corrected chi connectivity index (χ1v) is 10.8. The molecule has 158 valence electrons. The predicted octanol–water partition coefficient (Wildman–Crippen LogP) is 3.46. The number of fused-ring (bicyclic) bond motifs is 2. The highest BCUT2D eigenvalue weighted by atomic mass is 16.2. The third-order valence-corrected chi connectivity index (χ3v) is 6.40. The molecule has 0 bridgehead atoms. The van der Waals surface area contributed by atoms with E-state index in [1.54, 1.807) is 0 Å². The molecule has 0 fully saturated rings. The molecule has 2 aliphatic heterocycles. The number of nitrogens with one attached hydrogen (secondary N) is 2. The molecule has 6 heteroatoms. The Hall–Kier alpha value is -2.86. The van der Waals surface area contributed by atoms with Crippen LogP contribution in [0.2, 0.25) is 0 Å². The Morgan fingerprint density at radius 3 is 2.63 bits per heavy atom. The van der Waals surface area contributed by atoms with Crippen LogP contribution >= 0.6 is 0 Å². The van der Waals surface area contributed by atoms with Crippen LogP contribution in [0.15, 0.2) is 18.2 Å². The first-order valence-electron chi connectivity index (χ1n) is 10.8. The number of nitrogens with zero attached hydrogens (tertiary/aromatic N) is 2. The van der Waals surface area contributed by atoms with Gasteiger partial charge in [0.1, 0.15) is 0 Å². The van der Waals surface area contributed by atoms with Gasteiger partial charge in [-0.05, 0) is 50.2 Å². The Balaban J connectivity index is 1.63. The highest BCUT2D eigenvalue weighted by Crippen LogP contribution is 2.36. The van der Waals surface area contributed by atoms with Crippen LogP contribution < -0.4 is 5.32 Å². The summed E-state index contributed by atoms with van der Waals surface area (Å²) in [6, 6.07) is 5.88. The molecule has 3 heterocycles. The predicted molar refractivity (Wildman–Crippen MR) is 121 cm³/mol.